The third kappa shape index (κ3) is 2.78. The molecule has 1 aliphatic heterocycles. The van der Waals surface area contributed by atoms with Gasteiger partial charge in [-0.2, -0.15) is 13.2 Å². The Morgan fingerprint density at radius 2 is 1.71 bits per heavy atom. The lowest BCUT2D eigenvalue weighted by molar-refractivity contribution is -0.138. The molecule has 2 aliphatic rings. The van der Waals surface area contributed by atoms with Gasteiger partial charge < -0.3 is 9.32 Å². The van der Waals surface area contributed by atoms with Crippen LogP contribution in [0.15, 0.2) is 51.7 Å². The van der Waals surface area contributed by atoms with E-state index in [4.69, 9.17) is 4.42 Å². The van der Waals surface area contributed by atoms with Gasteiger partial charge in [0.25, 0.3) is 0 Å². The predicted octanol–water partition coefficient (Wildman–Crippen LogP) is 5.31. The highest BCUT2D eigenvalue weighted by molar-refractivity contribution is 5.98. The Hall–Kier alpha value is -3.09. The summed E-state index contributed by atoms with van der Waals surface area (Å²) >= 11 is 0. The molecule has 28 heavy (non-hydrogen) atoms. The summed E-state index contributed by atoms with van der Waals surface area (Å²) in [6, 6.07) is 11.4. The number of aromatic nitrogens is 1. The molecule has 0 atom stereocenters. The van der Waals surface area contributed by atoms with Crippen LogP contribution in [0.4, 0.5) is 18.9 Å². The Balaban J connectivity index is 2.14. The van der Waals surface area contributed by atoms with Crippen LogP contribution in [0.5, 0.6) is 0 Å². The number of halogens is 3. The topological polar surface area (TPSA) is 46.3 Å². The summed E-state index contributed by atoms with van der Waals surface area (Å²) < 4.78 is 46.8. The maximum absolute atomic E-state index is 13.7. The minimum atomic E-state index is -4.85. The quantitative estimate of drug-likeness (QED) is 0.354. The van der Waals surface area contributed by atoms with E-state index in [1.807, 2.05) is 24.8 Å². The van der Waals surface area contributed by atoms with Gasteiger partial charge in [0.1, 0.15) is 16.8 Å². The molecule has 1 heterocycles. The van der Waals surface area contributed by atoms with E-state index in [0.717, 1.165) is 18.8 Å². The van der Waals surface area contributed by atoms with Gasteiger partial charge in [-0.3, -0.25) is 4.79 Å². The fraction of sp³-hybridized carbons (Fsp3) is 0.238. The zero-order valence-corrected chi connectivity index (χ0v) is 15.3. The molecule has 4 rings (SSSR count). The molecule has 0 fully saturated rings. The van der Waals surface area contributed by atoms with Gasteiger partial charge in [-0.1, -0.05) is 24.3 Å². The fourth-order valence-electron chi connectivity index (χ4n) is 3.53. The zero-order chi connectivity index (χ0) is 20.1. The van der Waals surface area contributed by atoms with Gasteiger partial charge in [-0.15, -0.1) is 0 Å². The molecule has 0 aromatic heterocycles. The molecular formula is C21H17F3N2O2. The van der Waals surface area contributed by atoms with Gasteiger partial charge in [0.2, 0.25) is 5.43 Å². The number of hydrogen-bond acceptors (Lipinski definition) is 4. The van der Waals surface area contributed by atoms with E-state index >= 15 is 0 Å². The van der Waals surface area contributed by atoms with Crippen molar-refractivity contribution in [3.05, 3.63) is 58.3 Å². The van der Waals surface area contributed by atoms with Crippen LogP contribution in [0.1, 0.15) is 19.4 Å². The van der Waals surface area contributed by atoms with E-state index in [1.165, 1.54) is 12.1 Å². The Labute approximate surface area is 158 Å². The highest BCUT2D eigenvalue weighted by Gasteiger charge is 2.41. The highest BCUT2D eigenvalue weighted by atomic mass is 19.4. The first-order valence-corrected chi connectivity index (χ1v) is 8.96. The van der Waals surface area contributed by atoms with E-state index in [2.05, 4.69) is 4.98 Å². The predicted molar refractivity (Wildman–Crippen MR) is 103 cm³/mol. The second kappa shape index (κ2) is 6.51. The lowest BCUT2D eigenvalue weighted by Gasteiger charge is -2.21. The van der Waals surface area contributed by atoms with Crippen LogP contribution in [0.2, 0.25) is 0 Å². The van der Waals surface area contributed by atoms with Crippen LogP contribution >= 0.6 is 0 Å². The summed E-state index contributed by atoms with van der Waals surface area (Å²) in [6.45, 7) is 5.46. The van der Waals surface area contributed by atoms with Crippen LogP contribution in [0.25, 0.3) is 33.3 Å². The van der Waals surface area contributed by atoms with Gasteiger partial charge in [-0.05, 0) is 26.0 Å². The van der Waals surface area contributed by atoms with E-state index in [-0.39, 0.29) is 16.7 Å². The minimum absolute atomic E-state index is 0.0239. The number of fused-ring (bicyclic) bond motifs is 4. The van der Waals surface area contributed by atoms with Crippen molar-refractivity contribution in [1.82, 2.24) is 4.98 Å². The fourth-order valence-corrected chi connectivity index (χ4v) is 3.53. The molecule has 1 aliphatic carbocycles. The van der Waals surface area contributed by atoms with Gasteiger partial charge in [-0.25, -0.2) is 4.98 Å². The molecule has 0 unspecified atom stereocenters. The minimum Gasteiger partial charge on any atom is -0.452 e. The summed E-state index contributed by atoms with van der Waals surface area (Å²) in [7, 11) is 0. The summed E-state index contributed by atoms with van der Waals surface area (Å²) in [5.74, 6) is -0.527. The summed E-state index contributed by atoms with van der Waals surface area (Å²) in [4.78, 5) is 19.0. The van der Waals surface area contributed by atoms with Crippen LogP contribution in [0, 0.1) is 0 Å². The smallest absolute Gasteiger partial charge is 0.423 e. The van der Waals surface area contributed by atoms with Crippen molar-refractivity contribution >= 4 is 27.6 Å². The number of benzene rings is 3. The van der Waals surface area contributed by atoms with Gasteiger partial charge in [0, 0.05) is 35.6 Å². The van der Waals surface area contributed by atoms with Crippen molar-refractivity contribution in [2.45, 2.75) is 20.0 Å². The average molecular weight is 386 g/mol. The lowest BCUT2D eigenvalue weighted by atomic mass is 9.99. The SMILES string of the molecule is CCN(CC)c1ccc2nc3c4ccccc4c(=O)c(C(F)(F)F)c-3oc2c1. The monoisotopic (exact) mass is 386 g/mol. The van der Waals surface area contributed by atoms with Crippen LogP contribution in [0.3, 0.4) is 0 Å². The Morgan fingerprint density at radius 1 is 1.04 bits per heavy atom. The van der Waals surface area contributed by atoms with E-state index in [9.17, 15) is 18.0 Å². The van der Waals surface area contributed by atoms with Crippen molar-refractivity contribution in [3.63, 3.8) is 0 Å². The second-order valence-electron chi connectivity index (χ2n) is 6.46. The average Bonchev–Trinajstić information content (AvgIpc) is 2.67. The van der Waals surface area contributed by atoms with Crippen molar-refractivity contribution in [1.29, 1.82) is 0 Å². The van der Waals surface area contributed by atoms with Crippen LogP contribution < -0.4 is 10.3 Å². The van der Waals surface area contributed by atoms with E-state index in [1.54, 1.807) is 24.3 Å². The van der Waals surface area contributed by atoms with Crippen molar-refractivity contribution in [2.75, 3.05) is 18.0 Å². The number of hydrogen-bond donors (Lipinski definition) is 0. The van der Waals surface area contributed by atoms with Crippen molar-refractivity contribution < 1.29 is 17.6 Å². The molecule has 0 bridgehead atoms. The summed E-state index contributed by atoms with van der Waals surface area (Å²) in [5, 5.41) is 0.318. The first kappa shape index (κ1) is 18.3. The molecule has 7 heteroatoms. The standard InChI is InChI=1S/C21H17F3N2O2/c1-3-26(4-2)12-9-10-15-16(11-12)28-20-17(21(22,23)24)19(27)14-8-6-5-7-13(14)18(20)25-15/h5-11H,3-4H2,1-2H3. The molecule has 0 N–H and O–H groups in total. The highest BCUT2D eigenvalue weighted by Crippen LogP contribution is 2.40. The Kier molecular flexibility index (Phi) is 4.25. The first-order valence-electron chi connectivity index (χ1n) is 8.96. The van der Waals surface area contributed by atoms with Crippen molar-refractivity contribution in [2.24, 2.45) is 0 Å². The molecule has 0 spiro atoms. The lowest BCUT2D eigenvalue weighted by Crippen LogP contribution is -2.22. The molecule has 2 aromatic rings. The van der Waals surface area contributed by atoms with E-state index < -0.39 is 22.9 Å². The van der Waals surface area contributed by atoms with Gasteiger partial charge in [0.05, 0.1) is 0 Å². The molecule has 0 saturated carbocycles. The summed E-state index contributed by atoms with van der Waals surface area (Å²) in [5.41, 5.74) is -0.925. The largest absolute Gasteiger partial charge is 0.452 e. The maximum atomic E-state index is 13.7. The van der Waals surface area contributed by atoms with Gasteiger partial charge >= 0.3 is 6.18 Å². The number of rotatable bonds is 3. The third-order valence-electron chi connectivity index (χ3n) is 4.90. The van der Waals surface area contributed by atoms with E-state index in [0.29, 0.717) is 10.9 Å². The number of anilines is 1. The third-order valence-corrected chi connectivity index (χ3v) is 4.90. The molecule has 0 saturated heterocycles. The van der Waals surface area contributed by atoms with Crippen LogP contribution in [-0.4, -0.2) is 18.1 Å². The summed E-state index contributed by atoms with van der Waals surface area (Å²) in [6.07, 6.45) is -4.85. The molecule has 0 amide bonds. The number of alkyl halides is 3. The molecular weight excluding hydrogens is 369 g/mol. The molecule has 144 valence electrons. The Morgan fingerprint density at radius 3 is 2.36 bits per heavy atom. The van der Waals surface area contributed by atoms with Gasteiger partial charge in [0.15, 0.2) is 11.3 Å². The first-order chi connectivity index (χ1) is 13.3. The Bertz CT molecular complexity index is 1210. The molecule has 0 radical (unpaired) electrons. The molecule has 2 aromatic carbocycles. The molecule has 4 nitrogen and oxygen atoms in total. The normalized spacial score (nSPS) is 12.2. The second-order valence-corrected chi connectivity index (χ2v) is 6.46. The zero-order valence-electron chi connectivity index (χ0n) is 15.3. The van der Waals surface area contributed by atoms with Crippen molar-refractivity contribution in [3.8, 4) is 11.5 Å². The maximum Gasteiger partial charge on any atom is 0.423 e. The number of nitrogens with zero attached hydrogens (tertiary/aromatic N) is 2. The van der Waals surface area contributed by atoms with Crippen LogP contribution in [-0.2, 0) is 6.18 Å².